The number of anilines is 1. The maximum atomic E-state index is 13.5. The quantitative estimate of drug-likeness (QED) is 0.767. The van der Waals surface area contributed by atoms with Gasteiger partial charge in [0.05, 0.1) is 19.5 Å². The van der Waals surface area contributed by atoms with Crippen molar-refractivity contribution in [3.63, 3.8) is 0 Å². The molecule has 1 N–H and O–H groups in total. The Kier molecular flexibility index (Phi) is 4.09. The number of rotatable bonds is 5. The Labute approximate surface area is 143 Å². The molecule has 1 fully saturated rings. The molecule has 3 aromatic rings. The number of benzene rings is 1. The number of hydrogen-bond donors (Lipinski definition) is 1. The van der Waals surface area contributed by atoms with E-state index >= 15 is 0 Å². The average Bonchev–Trinajstić information content (AvgIpc) is 3.28. The highest BCUT2D eigenvalue weighted by Gasteiger charge is 2.28. The van der Waals surface area contributed by atoms with E-state index in [2.05, 4.69) is 24.8 Å². The van der Waals surface area contributed by atoms with Gasteiger partial charge >= 0.3 is 0 Å². The van der Waals surface area contributed by atoms with Crippen molar-refractivity contribution in [1.82, 2.24) is 19.9 Å². The maximum Gasteiger partial charge on any atom is 0.182 e. The molecule has 3 heterocycles. The monoisotopic (exact) mass is 343 g/mol. The highest BCUT2D eigenvalue weighted by atomic mass is 19.1. The van der Waals surface area contributed by atoms with Crippen LogP contribution in [0.25, 0.3) is 11.2 Å². The van der Waals surface area contributed by atoms with Crippen LogP contribution in [0.5, 0.6) is 11.5 Å². The number of hydrogen-bond acceptors (Lipinski definition) is 6. The zero-order valence-corrected chi connectivity index (χ0v) is 13.8. The lowest BCUT2D eigenvalue weighted by atomic mass is 10.2. The molecule has 0 saturated carbocycles. The predicted molar refractivity (Wildman–Crippen MR) is 90.5 cm³/mol. The van der Waals surface area contributed by atoms with Gasteiger partial charge in [0.2, 0.25) is 0 Å². The fraction of sp³-hybridized carbons (Fsp3) is 0.353. The lowest BCUT2D eigenvalue weighted by Gasteiger charge is -2.26. The van der Waals surface area contributed by atoms with Crippen molar-refractivity contribution in [2.45, 2.75) is 18.9 Å². The number of imidazole rings is 1. The Bertz CT molecular complexity index is 884. The molecule has 1 saturated heterocycles. The summed E-state index contributed by atoms with van der Waals surface area (Å²) in [7, 11) is 1.54. The fourth-order valence-corrected chi connectivity index (χ4v) is 3.21. The van der Waals surface area contributed by atoms with Crippen LogP contribution in [0.3, 0.4) is 0 Å². The standard InChI is InChI=1S/C17H18FN5O2/c1-24-13-5-4-11(18)7-14(13)25-8-12-3-2-6-23(12)17-15-16(20-9-19-15)21-10-22-17/h4-5,7,9-10,12H,2-3,6,8H2,1H3,(H,19,20,21,22). The summed E-state index contributed by atoms with van der Waals surface area (Å²) in [5.74, 6) is 1.39. The summed E-state index contributed by atoms with van der Waals surface area (Å²) in [5.41, 5.74) is 1.46. The number of aromatic amines is 1. The van der Waals surface area contributed by atoms with E-state index in [-0.39, 0.29) is 11.9 Å². The second-order valence-electron chi connectivity index (χ2n) is 5.89. The summed E-state index contributed by atoms with van der Waals surface area (Å²) in [6.07, 6.45) is 5.14. The molecule has 2 aromatic heterocycles. The summed E-state index contributed by atoms with van der Waals surface area (Å²) < 4.78 is 24.6. The van der Waals surface area contributed by atoms with E-state index in [4.69, 9.17) is 9.47 Å². The third-order valence-electron chi connectivity index (χ3n) is 4.41. The molecule has 1 unspecified atom stereocenters. The van der Waals surface area contributed by atoms with Crippen molar-refractivity contribution in [3.05, 3.63) is 36.7 Å². The molecule has 1 aromatic carbocycles. The lowest BCUT2D eigenvalue weighted by molar-refractivity contribution is 0.270. The van der Waals surface area contributed by atoms with Crippen molar-refractivity contribution >= 4 is 17.0 Å². The summed E-state index contributed by atoms with van der Waals surface area (Å²) in [5, 5.41) is 0. The number of methoxy groups -OCH3 is 1. The largest absolute Gasteiger partial charge is 0.493 e. The third kappa shape index (κ3) is 2.95. The molecular weight excluding hydrogens is 325 g/mol. The smallest absolute Gasteiger partial charge is 0.182 e. The highest BCUT2D eigenvalue weighted by Crippen LogP contribution is 2.31. The first-order valence-corrected chi connectivity index (χ1v) is 8.13. The molecule has 4 rings (SSSR count). The molecule has 25 heavy (non-hydrogen) atoms. The first kappa shape index (κ1) is 15.6. The van der Waals surface area contributed by atoms with Gasteiger partial charge in [0, 0.05) is 12.6 Å². The maximum absolute atomic E-state index is 13.5. The van der Waals surface area contributed by atoms with Gasteiger partial charge in [0.15, 0.2) is 23.0 Å². The Hall–Kier alpha value is -2.90. The number of nitrogens with zero attached hydrogens (tertiary/aromatic N) is 4. The van der Waals surface area contributed by atoms with Crippen LogP contribution in [0.1, 0.15) is 12.8 Å². The minimum Gasteiger partial charge on any atom is -0.493 e. The molecule has 130 valence electrons. The van der Waals surface area contributed by atoms with Crippen molar-refractivity contribution in [2.75, 3.05) is 25.2 Å². The SMILES string of the molecule is COc1ccc(F)cc1OCC1CCCN1c1ncnc2nc[nH]c12. The topological polar surface area (TPSA) is 76.2 Å². The van der Waals surface area contributed by atoms with Crippen LogP contribution >= 0.6 is 0 Å². The molecule has 0 spiro atoms. The van der Waals surface area contributed by atoms with Gasteiger partial charge in [-0.25, -0.2) is 19.3 Å². The van der Waals surface area contributed by atoms with Crippen LogP contribution in [0.4, 0.5) is 10.2 Å². The van der Waals surface area contributed by atoms with Gasteiger partial charge in [-0.3, -0.25) is 0 Å². The molecule has 1 aliphatic rings. The van der Waals surface area contributed by atoms with Crippen LogP contribution in [0, 0.1) is 5.82 Å². The number of nitrogens with one attached hydrogen (secondary N) is 1. The molecule has 7 nitrogen and oxygen atoms in total. The van der Waals surface area contributed by atoms with E-state index in [1.54, 1.807) is 12.4 Å². The Balaban J connectivity index is 1.55. The van der Waals surface area contributed by atoms with Crippen LogP contribution in [-0.2, 0) is 0 Å². The predicted octanol–water partition coefficient (Wildman–Crippen LogP) is 2.55. The lowest BCUT2D eigenvalue weighted by Crippen LogP contribution is -2.35. The minimum atomic E-state index is -0.353. The Morgan fingerprint density at radius 1 is 1.28 bits per heavy atom. The zero-order valence-electron chi connectivity index (χ0n) is 13.8. The molecule has 0 radical (unpaired) electrons. The van der Waals surface area contributed by atoms with Crippen molar-refractivity contribution < 1.29 is 13.9 Å². The second-order valence-corrected chi connectivity index (χ2v) is 5.89. The highest BCUT2D eigenvalue weighted by molar-refractivity contribution is 5.83. The van der Waals surface area contributed by atoms with Gasteiger partial charge < -0.3 is 19.4 Å². The number of ether oxygens (including phenoxy) is 2. The molecule has 0 amide bonds. The number of aromatic nitrogens is 4. The fourth-order valence-electron chi connectivity index (χ4n) is 3.21. The van der Waals surface area contributed by atoms with E-state index < -0.39 is 0 Å². The van der Waals surface area contributed by atoms with Gasteiger partial charge in [-0.2, -0.15) is 0 Å². The van der Waals surface area contributed by atoms with E-state index in [0.29, 0.717) is 23.8 Å². The molecule has 0 bridgehead atoms. The molecule has 1 atom stereocenters. The first-order chi connectivity index (χ1) is 12.3. The van der Waals surface area contributed by atoms with Crippen molar-refractivity contribution in [3.8, 4) is 11.5 Å². The summed E-state index contributed by atoms with van der Waals surface area (Å²) in [6.45, 7) is 1.29. The summed E-state index contributed by atoms with van der Waals surface area (Å²) in [6, 6.07) is 4.39. The van der Waals surface area contributed by atoms with Gasteiger partial charge in [-0.05, 0) is 25.0 Å². The second kappa shape index (κ2) is 6.54. The normalized spacial score (nSPS) is 17.2. The van der Waals surface area contributed by atoms with E-state index in [1.165, 1.54) is 25.6 Å². The van der Waals surface area contributed by atoms with Crippen LogP contribution in [0.2, 0.25) is 0 Å². The third-order valence-corrected chi connectivity index (χ3v) is 4.41. The Morgan fingerprint density at radius 3 is 3.08 bits per heavy atom. The molecule has 0 aliphatic carbocycles. The van der Waals surface area contributed by atoms with Crippen molar-refractivity contribution in [1.29, 1.82) is 0 Å². The van der Waals surface area contributed by atoms with Gasteiger partial charge in [0.25, 0.3) is 0 Å². The number of halogens is 1. The van der Waals surface area contributed by atoms with E-state index in [1.807, 2.05) is 0 Å². The summed E-state index contributed by atoms with van der Waals surface area (Å²) in [4.78, 5) is 18.0. The first-order valence-electron chi connectivity index (χ1n) is 8.13. The molecular formula is C17H18FN5O2. The van der Waals surface area contributed by atoms with Crippen LogP contribution < -0.4 is 14.4 Å². The molecule has 1 aliphatic heterocycles. The van der Waals surface area contributed by atoms with E-state index in [0.717, 1.165) is 30.7 Å². The summed E-state index contributed by atoms with van der Waals surface area (Å²) >= 11 is 0. The Morgan fingerprint density at radius 2 is 2.20 bits per heavy atom. The molecule has 8 heteroatoms. The zero-order chi connectivity index (χ0) is 17.2. The number of H-pyrrole nitrogens is 1. The van der Waals surface area contributed by atoms with Crippen LogP contribution in [0.15, 0.2) is 30.9 Å². The minimum absolute atomic E-state index is 0.134. The van der Waals surface area contributed by atoms with Crippen LogP contribution in [-0.4, -0.2) is 46.2 Å². The van der Waals surface area contributed by atoms with Crippen molar-refractivity contribution in [2.24, 2.45) is 0 Å². The van der Waals surface area contributed by atoms with Gasteiger partial charge in [-0.1, -0.05) is 0 Å². The van der Waals surface area contributed by atoms with Gasteiger partial charge in [0.1, 0.15) is 24.3 Å². The number of fused-ring (bicyclic) bond motifs is 1. The average molecular weight is 343 g/mol. The van der Waals surface area contributed by atoms with Gasteiger partial charge in [-0.15, -0.1) is 0 Å². The van der Waals surface area contributed by atoms with E-state index in [9.17, 15) is 4.39 Å².